The van der Waals surface area contributed by atoms with E-state index in [1.807, 2.05) is 0 Å². The van der Waals surface area contributed by atoms with Crippen LogP contribution in [0.25, 0.3) is 0 Å². The van der Waals surface area contributed by atoms with Crippen molar-refractivity contribution in [1.82, 2.24) is 10.1 Å². The molecule has 6 nitrogen and oxygen atoms in total. The maximum Gasteiger partial charge on any atom is 0.452 e. The highest BCUT2D eigenvalue weighted by atomic mass is 32.2. The molecule has 1 unspecified atom stereocenters. The predicted octanol–water partition coefficient (Wildman–Crippen LogP) is 4.32. The second kappa shape index (κ2) is 9.02. The Morgan fingerprint density at radius 2 is 1.82 bits per heavy atom. The van der Waals surface area contributed by atoms with Gasteiger partial charge < -0.3 is 18.9 Å². The van der Waals surface area contributed by atoms with Crippen molar-refractivity contribution in [3.05, 3.63) is 33.7 Å². The number of piperazine rings is 1. The van der Waals surface area contributed by atoms with Gasteiger partial charge in [-0.3, -0.25) is 4.79 Å². The molecule has 0 N–H and O–H groups in total. The van der Waals surface area contributed by atoms with Crippen LogP contribution in [0, 0.1) is 5.92 Å². The van der Waals surface area contributed by atoms with Crippen molar-refractivity contribution >= 4 is 34.2 Å². The first-order valence-electron chi connectivity index (χ1n) is 10.0. The van der Waals surface area contributed by atoms with Crippen LogP contribution in [0.4, 0.5) is 32.2 Å². The highest BCUT2D eigenvalue weighted by Crippen LogP contribution is 2.40. The molecule has 2 aliphatic rings. The van der Waals surface area contributed by atoms with Crippen molar-refractivity contribution in [1.29, 1.82) is 0 Å². The monoisotopic (exact) mass is 515 g/mol. The second-order valence-electron chi connectivity index (χ2n) is 7.86. The molecule has 0 spiro atoms. The van der Waals surface area contributed by atoms with Crippen LogP contribution in [-0.4, -0.2) is 51.7 Å². The molecule has 0 aromatic carbocycles. The third kappa shape index (κ3) is 5.27. The summed E-state index contributed by atoms with van der Waals surface area (Å²) in [6.45, 7) is 0.199. The molecule has 182 valence electrons. The fraction of sp³-hybridized carbons (Fsp3) is 0.579. The highest BCUT2D eigenvalue weighted by molar-refractivity contribution is 7.91. The molecule has 0 radical (unpaired) electrons. The molecule has 2 fully saturated rings. The SMILES string of the molecule is O=C(C1CC[S+]([O-])CC1)N1CCN(c2cc(C(F)(F)F)on2)CC1c1ccc(C(F)(F)F)s1. The summed E-state index contributed by atoms with van der Waals surface area (Å²) < 4.78 is 94.2. The summed E-state index contributed by atoms with van der Waals surface area (Å²) in [6.07, 6.45) is -8.42. The van der Waals surface area contributed by atoms with Crippen molar-refractivity contribution in [3.63, 3.8) is 0 Å². The van der Waals surface area contributed by atoms with Crippen LogP contribution in [0.2, 0.25) is 0 Å². The molecular weight excluding hydrogens is 496 g/mol. The smallest absolute Gasteiger partial charge is 0.452 e. The molecule has 14 heteroatoms. The van der Waals surface area contributed by atoms with Gasteiger partial charge in [0.05, 0.1) is 6.04 Å². The van der Waals surface area contributed by atoms with Crippen LogP contribution in [0.5, 0.6) is 0 Å². The lowest BCUT2D eigenvalue weighted by Crippen LogP contribution is -2.52. The van der Waals surface area contributed by atoms with Gasteiger partial charge in [0.1, 0.15) is 16.4 Å². The summed E-state index contributed by atoms with van der Waals surface area (Å²) in [5, 5.41) is 3.46. The van der Waals surface area contributed by atoms with Crippen LogP contribution in [0.1, 0.15) is 34.4 Å². The Morgan fingerprint density at radius 1 is 1.12 bits per heavy atom. The topological polar surface area (TPSA) is 72.6 Å². The van der Waals surface area contributed by atoms with E-state index < -0.39 is 40.2 Å². The average molecular weight is 516 g/mol. The van der Waals surface area contributed by atoms with Gasteiger partial charge in [-0.2, -0.15) is 26.3 Å². The third-order valence-electron chi connectivity index (χ3n) is 5.74. The number of hydrogen-bond acceptors (Lipinski definition) is 6. The Labute approximate surface area is 191 Å². The summed E-state index contributed by atoms with van der Waals surface area (Å²) in [5.41, 5.74) is 0. The van der Waals surface area contributed by atoms with E-state index in [4.69, 9.17) is 0 Å². The Kier molecular flexibility index (Phi) is 6.62. The van der Waals surface area contributed by atoms with Gasteiger partial charge in [0, 0.05) is 49.3 Å². The predicted molar refractivity (Wildman–Crippen MR) is 108 cm³/mol. The molecular formula is C19H19F6N3O3S2. The van der Waals surface area contributed by atoms with Crippen LogP contribution in [0.3, 0.4) is 0 Å². The molecule has 0 aliphatic carbocycles. The van der Waals surface area contributed by atoms with Gasteiger partial charge in [-0.05, 0) is 12.1 Å². The molecule has 1 amide bonds. The van der Waals surface area contributed by atoms with E-state index in [0.717, 1.165) is 12.1 Å². The van der Waals surface area contributed by atoms with Gasteiger partial charge >= 0.3 is 12.4 Å². The third-order valence-corrected chi connectivity index (χ3v) is 8.35. The summed E-state index contributed by atoms with van der Waals surface area (Å²) >= 11 is -0.479. The van der Waals surface area contributed by atoms with Gasteiger partial charge in [0.2, 0.25) is 11.7 Å². The Bertz CT molecular complexity index is 984. The molecule has 2 saturated heterocycles. The standard InChI is InChI=1S/C19H19F6N3O3S2/c20-18(21,22)14-9-16(26-31-14)27-5-6-28(17(29)11-3-7-33(30)8-4-11)12(10-27)13-1-2-15(32-13)19(23,24)25/h1-2,9,11-12H,3-8,10H2. The van der Waals surface area contributed by atoms with E-state index in [1.165, 1.54) is 15.9 Å². The van der Waals surface area contributed by atoms with Gasteiger partial charge in [-0.1, -0.05) is 16.3 Å². The number of thiophene rings is 1. The van der Waals surface area contributed by atoms with Crippen molar-refractivity contribution < 1.29 is 40.2 Å². The number of hydrogen-bond donors (Lipinski definition) is 0. The summed E-state index contributed by atoms with van der Waals surface area (Å²) in [7, 11) is 0. The molecule has 0 bridgehead atoms. The van der Waals surface area contributed by atoms with Gasteiger partial charge in [0.15, 0.2) is 5.82 Å². The number of nitrogens with zero attached hydrogens (tertiary/aromatic N) is 3. The Morgan fingerprint density at radius 3 is 2.39 bits per heavy atom. The first kappa shape index (κ1) is 24.2. The number of anilines is 1. The molecule has 2 aromatic heterocycles. The van der Waals surface area contributed by atoms with E-state index in [1.54, 1.807) is 0 Å². The number of carbonyl (C=O) groups is 1. The largest absolute Gasteiger partial charge is 0.616 e. The van der Waals surface area contributed by atoms with Gasteiger partial charge in [0.25, 0.3) is 0 Å². The van der Waals surface area contributed by atoms with E-state index in [-0.39, 0.29) is 42.2 Å². The molecule has 4 rings (SSSR count). The fourth-order valence-corrected chi connectivity index (χ4v) is 6.28. The zero-order valence-electron chi connectivity index (χ0n) is 17.0. The maximum atomic E-state index is 13.2. The molecule has 2 aromatic rings. The summed E-state index contributed by atoms with van der Waals surface area (Å²) in [6, 6.07) is 2.16. The van der Waals surface area contributed by atoms with Crippen molar-refractivity contribution in [2.24, 2.45) is 5.92 Å². The van der Waals surface area contributed by atoms with E-state index in [2.05, 4.69) is 9.68 Å². The van der Waals surface area contributed by atoms with Crippen molar-refractivity contribution in [2.75, 3.05) is 36.0 Å². The van der Waals surface area contributed by atoms with E-state index in [9.17, 15) is 35.7 Å². The van der Waals surface area contributed by atoms with Gasteiger partial charge in [-0.25, -0.2) is 0 Å². The number of carbonyl (C=O) groups excluding carboxylic acids is 1. The maximum absolute atomic E-state index is 13.2. The lowest BCUT2D eigenvalue weighted by atomic mass is 9.98. The minimum absolute atomic E-state index is 0.0357. The fourth-order valence-electron chi connectivity index (χ4n) is 4.01. The van der Waals surface area contributed by atoms with E-state index >= 15 is 0 Å². The molecule has 33 heavy (non-hydrogen) atoms. The number of halogens is 6. The first-order valence-corrected chi connectivity index (χ1v) is 12.3. The van der Waals surface area contributed by atoms with Crippen molar-refractivity contribution in [2.45, 2.75) is 31.2 Å². The zero-order chi connectivity index (χ0) is 24.0. The lowest BCUT2D eigenvalue weighted by Gasteiger charge is -2.42. The average Bonchev–Trinajstić information content (AvgIpc) is 3.43. The summed E-state index contributed by atoms with van der Waals surface area (Å²) in [5.74, 6) is -1.23. The second-order valence-corrected chi connectivity index (χ2v) is 10.7. The molecule has 2 aliphatic heterocycles. The number of aromatic nitrogens is 1. The van der Waals surface area contributed by atoms with Crippen molar-refractivity contribution in [3.8, 4) is 0 Å². The number of alkyl halides is 6. The highest BCUT2D eigenvalue weighted by Gasteiger charge is 2.41. The quantitative estimate of drug-likeness (QED) is 0.450. The Hall–Kier alpha value is -1.93. The first-order chi connectivity index (χ1) is 15.4. The van der Waals surface area contributed by atoms with Crippen LogP contribution in [0.15, 0.2) is 22.7 Å². The molecule has 0 saturated carbocycles. The molecule has 4 heterocycles. The number of amides is 1. The van der Waals surface area contributed by atoms with Crippen LogP contribution < -0.4 is 4.90 Å². The summed E-state index contributed by atoms with van der Waals surface area (Å²) in [4.78, 5) is 15.6. The Balaban J connectivity index is 1.60. The van der Waals surface area contributed by atoms with Gasteiger partial charge in [-0.15, -0.1) is 11.3 Å². The minimum Gasteiger partial charge on any atom is -0.616 e. The normalized spacial score (nSPS) is 24.9. The number of rotatable bonds is 3. The molecule has 1 atom stereocenters. The minimum atomic E-state index is -4.72. The van der Waals surface area contributed by atoms with E-state index in [0.29, 0.717) is 35.7 Å². The van der Waals surface area contributed by atoms with Crippen LogP contribution >= 0.6 is 11.3 Å². The zero-order valence-corrected chi connectivity index (χ0v) is 18.6. The van der Waals surface area contributed by atoms with Crippen LogP contribution in [-0.2, 0) is 28.3 Å². The lowest BCUT2D eigenvalue weighted by molar-refractivity contribution is -0.155.